The quantitative estimate of drug-likeness (QED) is 0.453. The summed E-state index contributed by atoms with van der Waals surface area (Å²) in [5.74, 6) is 0.665. The van der Waals surface area contributed by atoms with Crippen LogP contribution in [0.15, 0.2) is 54.6 Å². The summed E-state index contributed by atoms with van der Waals surface area (Å²) < 4.78 is 10.8. The largest absolute Gasteiger partial charge is 0.493 e. The molecule has 0 aliphatic heterocycles. The van der Waals surface area contributed by atoms with Crippen molar-refractivity contribution >= 4 is 17.7 Å². The Morgan fingerprint density at radius 3 is 2.48 bits per heavy atom. The number of carbonyl (C=O) groups excluding carboxylic acids is 1. The summed E-state index contributed by atoms with van der Waals surface area (Å²) in [7, 11) is 3.11. The van der Waals surface area contributed by atoms with Crippen LogP contribution in [-0.4, -0.2) is 20.1 Å². The highest BCUT2D eigenvalue weighted by molar-refractivity contribution is 6.09. The van der Waals surface area contributed by atoms with E-state index < -0.39 is 5.91 Å². The Morgan fingerprint density at radius 1 is 1.22 bits per heavy atom. The molecule has 0 aromatic heterocycles. The van der Waals surface area contributed by atoms with Gasteiger partial charge in [0.2, 0.25) is 0 Å². The first-order valence-corrected chi connectivity index (χ1v) is 8.38. The Morgan fingerprint density at radius 2 is 1.93 bits per heavy atom. The van der Waals surface area contributed by atoms with Crippen molar-refractivity contribution in [1.82, 2.24) is 0 Å². The van der Waals surface area contributed by atoms with Gasteiger partial charge in [0, 0.05) is 11.3 Å². The van der Waals surface area contributed by atoms with Gasteiger partial charge in [0.15, 0.2) is 11.5 Å². The molecule has 1 amide bonds. The molecule has 0 spiro atoms. The van der Waals surface area contributed by atoms with E-state index >= 15 is 0 Å². The molecular formula is C22H22N2O3. The van der Waals surface area contributed by atoms with Gasteiger partial charge in [0.25, 0.3) is 5.91 Å². The molecule has 1 N–H and O–H groups in total. The summed E-state index contributed by atoms with van der Waals surface area (Å²) in [6, 6.07) is 12.9. The standard InChI is InChI=1S/C22H22N2O3/c1-5-6-17-11-16(13-20(26-3)21(17)27-4)12-18(14-23)22(25)24-19-9-7-15(2)8-10-19/h5,7-13H,1,6H2,2-4H3,(H,24,25)/b18-12-. The van der Waals surface area contributed by atoms with Crippen LogP contribution in [0.3, 0.4) is 0 Å². The average Bonchev–Trinajstić information content (AvgIpc) is 2.67. The monoisotopic (exact) mass is 362 g/mol. The first-order valence-electron chi connectivity index (χ1n) is 8.38. The zero-order chi connectivity index (χ0) is 19.8. The second kappa shape index (κ2) is 9.25. The van der Waals surface area contributed by atoms with E-state index in [0.717, 1.165) is 11.1 Å². The number of aryl methyl sites for hydroxylation is 1. The van der Waals surface area contributed by atoms with Gasteiger partial charge in [-0.2, -0.15) is 5.26 Å². The van der Waals surface area contributed by atoms with E-state index in [9.17, 15) is 10.1 Å². The van der Waals surface area contributed by atoms with Gasteiger partial charge in [-0.1, -0.05) is 23.8 Å². The number of benzene rings is 2. The fraction of sp³-hybridized carbons (Fsp3) is 0.182. The molecule has 2 aromatic carbocycles. The van der Waals surface area contributed by atoms with Crippen LogP contribution >= 0.6 is 0 Å². The van der Waals surface area contributed by atoms with Crippen molar-refractivity contribution in [3.05, 3.63) is 71.3 Å². The first-order chi connectivity index (χ1) is 13.0. The molecule has 5 heteroatoms. The van der Waals surface area contributed by atoms with E-state index in [1.165, 1.54) is 6.08 Å². The molecule has 0 heterocycles. The molecule has 0 saturated carbocycles. The second-order valence-corrected chi connectivity index (χ2v) is 5.90. The van der Waals surface area contributed by atoms with Crippen molar-refractivity contribution in [2.24, 2.45) is 0 Å². The van der Waals surface area contributed by atoms with Gasteiger partial charge in [0.05, 0.1) is 14.2 Å². The van der Waals surface area contributed by atoms with Crippen LogP contribution in [0.2, 0.25) is 0 Å². The number of ether oxygens (including phenoxy) is 2. The lowest BCUT2D eigenvalue weighted by Gasteiger charge is -2.13. The first kappa shape index (κ1) is 19.8. The number of nitrogens with one attached hydrogen (secondary N) is 1. The van der Waals surface area contributed by atoms with Crippen LogP contribution in [0.25, 0.3) is 6.08 Å². The van der Waals surface area contributed by atoms with Crippen molar-refractivity contribution < 1.29 is 14.3 Å². The van der Waals surface area contributed by atoms with E-state index in [-0.39, 0.29) is 5.57 Å². The number of anilines is 1. The van der Waals surface area contributed by atoms with Crippen molar-refractivity contribution in [2.45, 2.75) is 13.3 Å². The number of rotatable bonds is 7. The Bertz CT molecular complexity index is 906. The Labute approximate surface area is 159 Å². The van der Waals surface area contributed by atoms with Crippen molar-refractivity contribution in [2.75, 3.05) is 19.5 Å². The van der Waals surface area contributed by atoms with E-state index in [4.69, 9.17) is 9.47 Å². The van der Waals surface area contributed by atoms with Gasteiger partial charge in [-0.25, -0.2) is 0 Å². The van der Waals surface area contributed by atoms with Crippen molar-refractivity contribution in [3.8, 4) is 17.6 Å². The van der Waals surface area contributed by atoms with Gasteiger partial charge in [-0.05, 0) is 49.2 Å². The minimum absolute atomic E-state index is 0.00709. The van der Waals surface area contributed by atoms with Gasteiger partial charge in [0.1, 0.15) is 11.6 Å². The third-order valence-corrected chi connectivity index (χ3v) is 3.93. The van der Waals surface area contributed by atoms with E-state index in [0.29, 0.717) is 29.2 Å². The minimum Gasteiger partial charge on any atom is -0.493 e. The summed E-state index contributed by atoms with van der Waals surface area (Å²) in [5.41, 5.74) is 3.23. The normalized spacial score (nSPS) is 10.7. The number of carbonyl (C=O) groups is 1. The number of allylic oxidation sites excluding steroid dienone is 1. The molecule has 0 aliphatic carbocycles. The number of amides is 1. The van der Waals surface area contributed by atoms with Crippen LogP contribution in [0.1, 0.15) is 16.7 Å². The molecule has 0 bridgehead atoms. The highest BCUT2D eigenvalue weighted by Gasteiger charge is 2.14. The summed E-state index contributed by atoms with van der Waals surface area (Å²) in [5, 5.41) is 12.2. The molecule has 5 nitrogen and oxygen atoms in total. The molecule has 0 aliphatic rings. The van der Waals surface area contributed by atoms with Gasteiger partial charge in [-0.15, -0.1) is 6.58 Å². The Kier molecular flexibility index (Phi) is 6.79. The van der Waals surface area contributed by atoms with Gasteiger partial charge >= 0.3 is 0 Å². The van der Waals surface area contributed by atoms with Crippen LogP contribution in [-0.2, 0) is 11.2 Å². The molecule has 0 fully saturated rings. The lowest BCUT2D eigenvalue weighted by Crippen LogP contribution is -2.13. The Balaban J connectivity index is 2.37. The maximum Gasteiger partial charge on any atom is 0.266 e. The maximum absolute atomic E-state index is 12.4. The highest BCUT2D eigenvalue weighted by Crippen LogP contribution is 2.34. The number of methoxy groups -OCH3 is 2. The number of hydrogen-bond donors (Lipinski definition) is 1. The van der Waals surface area contributed by atoms with E-state index in [1.54, 1.807) is 38.5 Å². The molecule has 2 aromatic rings. The van der Waals surface area contributed by atoms with Crippen molar-refractivity contribution in [1.29, 1.82) is 5.26 Å². The second-order valence-electron chi connectivity index (χ2n) is 5.90. The number of nitrogens with zero attached hydrogens (tertiary/aromatic N) is 1. The minimum atomic E-state index is -0.471. The maximum atomic E-state index is 12.4. The molecular weight excluding hydrogens is 340 g/mol. The number of nitriles is 1. The van der Waals surface area contributed by atoms with Crippen molar-refractivity contribution in [3.63, 3.8) is 0 Å². The molecule has 138 valence electrons. The molecule has 27 heavy (non-hydrogen) atoms. The molecule has 0 saturated heterocycles. The van der Waals surface area contributed by atoms with Gasteiger partial charge in [-0.3, -0.25) is 4.79 Å². The molecule has 2 rings (SSSR count). The lowest BCUT2D eigenvalue weighted by molar-refractivity contribution is -0.112. The SMILES string of the molecule is C=CCc1cc(/C=C(/C#N)C(=O)Nc2ccc(C)cc2)cc(OC)c1OC. The van der Waals surface area contributed by atoms with Gasteiger partial charge < -0.3 is 14.8 Å². The highest BCUT2D eigenvalue weighted by atomic mass is 16.5. The zero-order valence-corrected chi connectivity index (χ0v) is 15.7. The molecule has 0 atom stereocenters. The predicted octanol–water partition coefficient (Wildman–Crippen LogP) is 4.29. The smallest absolute Gasteiger partial charge is 0.266 e. The molecule has 0 radical (unpaired) electrons. The van der Waals surface area contributed by atoms with E-state index in [1.807, 2.05) is 31.2 Å². The van der Waals surface area contributed by atoms with Crippen LogP contribution in [0, 0.1) is 18.3 Å². The summed E-state index contributed by atoms with van der Waals surface area (Å²) in [4.78, 5) is 12.4. The van der Waals surface area contributed by atoms with Crippen LogP contribution in [0.4, 0.5) is 5.69 Å². The summed E-state index contributed by atoms with van der Waals surface area (Å²) >= 11 is 0. The summed E-state index contributed by atoms with van der Waals surface area (Å²) in [6.07, 6.45) is 3.84. The summed E-state index contributed by atoms with van der Waals surface area (Å²) in [6.45, 7) is 5.71. The fourth-order valence-corrected chi connectivity index (χ4v) is 2.61. The van der Waals surface area contributed by atoms with E-state index in [2.05, 4.69) is 11.9 Å². The van der Waals surface area contributed by atoms with Crippen LogP contribution in [0.5, 0.6) is 11.5 Å². The number of hydrogen-bond acceptors (Lipinski definition) is 4. The third-order valence-electron chi connectivity index (χ3n) is 3.93. The fourth-order valence-electron chi connectivity index (χ4n) is 2.61. The Hall–Kier alpha value is -3.52. The van der Waals surface area contributed by atoms with Crippen LogP contribution < -0.4 is 14.8 Å². The average molecular weight is 362 g/mol. The predicted molar refractivity (Wildman–Crippen MR) is 107 cm³/mol. The zero-order valence-electron chi connectivity index (χ0n) is 15.7. The molecule has 0 unspecified atom stereocenters. The lowest BCUT2D eigenvalue weighted by atomic mass is 10.0. The topological polar surface area (TPSA) is 71.4 Å². The third kappa shape index (κ3) is 4.99.